The van der Waals surface area contributed by atoms with Crippen LogP contribution in [0, 0.1) is 0 Å². The molecule has 16 heavy (non-hydrogen) atoms. The topological polar surface area (TPSA) is 43.4 Å². The van der Waals surface area contributed by atoms with E-state index in [4.69, 9.17) is 0 Å². The van der Waals surface area contributed by atoms with Gasteiger partial charge in [0, 0.05) is 12.7 Å². The predicted octanol–water partition coefficient (Wildman–Crippen LogP) is -2.17. The molecule has 0 aliphatic carbocycles. The van der Waals surface area contributed by atoms with E-state index in [1.54, 1.807) is 18.9 Å². The largest absolute Gasteiger partial charge is 1.00 e. The molecule has 4 heteroatoms. The fraction of sp³-hybridized carbons (Fsp3) is 0.417. The van der Waals surface area contributed by atoms with E-state index in [0.717, 1.165) is 12.1 Å². The van der Waals surface area contributed by atoms with E-state index in [1.165, 1.54) is 5.56 Å². The first-order valence-corrected chi connectivity index (χ1v) is 5.09. The normalized spacial score (nSPS) is 11.4. The fourth-order valence-corrected chi connectivity index (χ4v) is 1.35. The van der Waals surface area contributed by atoms with E-state index in [-0.39, 0.29) is 51.4 Å². The van der Waals surface area contributed by atoms with Crippen molar-refractivity contribution in [3.63, 3.8) is 0 Å². The molecule has 1 aromatic rings. The van der Waals surface area contributed by atoms with E-state index in [0.29, 0.717) is 0 Å². The summed E-state index contributed by atoms with van der Waals surface area (Å²) in [5.41, 5.74) is 2.14. The van der Waals surface area contributed by atoms with Gasteiger partial charge in [-0.25, -0.2) is 0 Å². The summed E-state index contributed by atoms with van der Waals surface area (Å²) < 4.78 is 0. The van der Waals surface area contributed by atoms with Gasteiger partial charge in [0.15, 0.2) is 0 Å². The third-order valence-electron chi connectivity index (χ3n) is 2.67. The molecule has 0 heterocycles. The maximum absolute atomic E-state index is 10.7. The number of carbonyl (C=O) groups is 1. The molecule has 0 radical (unpaired) electrons. The predicted molar refractivity (Wildman–Crippen MR) is 58.7 cm³/mol. The molecule has 1 rings (SSSR count). The first-order valence-electron chi connectivity index (χ1n) is 5.09. The van der Waals surface area contributed by atoms with Gasteiger partial charge in [-0.05, 0) is 31.0 Å². The molecule has 1 unspecified atom stereocenters. The molecule has 0 amide bonds. The van der Waals surface area contributed by atoms with Gasteiger partial charge < -0.3 is 14.8 Å². The van der Waals surface area contributed by atoms with Gasteiger partial charge in [0.1, 0.15) is 0 Å². The van der Waals surface area contributed by atoms with Gasteiger partial charge in [-0.1, -0.05) is 19.1 Å². The minimum absolute atomic E-state index is 0. The molecule has 3 nitrogen and oxygen atoms in total. The quantitative estimate of drug-likeness (QED) is 0.567. The Bertz CT molecular complexity index is 337. The Morgan fingerprint density at radius 1 is 1.38 bits per heavy atom. The van der Waals surface area contributed by atoms with Gasteiger partial charge >= 0.3 is 51.4 Å². The number of rotatable bonds is 4. The second-order valence-electron chi connectivity index (χ2n) is 3.63. The Hall–Kier alpha value is 0.126. The Morgan fingerprint density at radius 3 is 2.25 bits per heavy atom. The molecule has 1 atom stereocenters. The van der Waals surface area contributed by atoms with Gasteiger partial charge in [0.05, 0.1) is 12.0 Å². The molecular weight excluding hydrogens is 229 g/mol. The molecule has 0 saturated carbocycles. The molecule has 1 aromatic carbocycles. The van der Waals surface area contributed by atoms with Crippen LogP contribution in [0.1, 0.15) is 19.4 Å². The first-order chi connectivity index (χ1) is 7.06. The van der Waals surface area contributed by atoms with Crippen molar-refractivity contribution in [3.8, 4) is 0 Å². The van der Waals surface area contributed by atoms with E-state index in [2.05, 4.69) is 6.92 Å². The molecule has 0 saturated heterocycles. The summed E-state index contributed by atoms with van der Waals surface area (Å²) in [6, 6.07) is 7.26. The van der Waals surface area contributed by atoms with E-state index >= 15 is 0 Å². The van der Waals surface area contributed by atoms with Crippen LogP contribution in [0.5, 0.6) is 0 Å². The number of carboxylic acid groups (broad SMARTS) is 1. The van der Waals surface area contributed by atoms with Crippen LogP contribution >= 0.6 is 0 Å². The molecule has 0 bridgehead atoms. The van der Waals surface area contributed by atoms with Gasteiger partial charge in [-0.3, -0.25) is 0 Å². The number of hydrogen-bond donors (Lipinski definition) is 0. The number of anilines is 1. The average molecular weight is 245 g/mol. The van der Waals surface area contributed by atoms with Gasteiger partial charge in [-0.15, -0.1) is 0 Å². The van der Waals surface area contributed by atoms with Crippen molar-refractivity contribution in [2.75, 3.05) is 11.9 Å². The molecule has 0 aliphatic rings. The maximum Gasteiger partial charge on any atom is 1.00 e. The van der Waals surface area contributed by atoms with E-state index in [9.17, 15) is 9.90 Å². The minimum atomic E-state index is -1.06. The molecule has 0 aliphatic heterocycles. The summed E-state index contributed by atoms with van der Waals surface area (Å²) in [7, 11) is 1.75. The van der Waals surface area contributed by atoms with Crippen molar-refractivity contribution in [2.24, 2.45) is 0 Å². The number of hydrogen-bond acceptors (Lipinski definition) is 3. The zero-order chi connectivity index (χ0) is 11.4. The monoisotopic (exact) mass is 245 g/mol. The van der Waals surface area contributed by atoms with Crippen LogP contribution in [0.2, 0.25) is 0 Å². The summed E-state index contributed by atoms with van der Waals surface area (Å²) >= 11 is 0. The second kappa shape index (κ2) is 7.45. The van der Waals surface area contributed by atoms with Crippen LogP contribution in [0.25, 0.3) is 0 Å². The van der Waals surface area contributed by atoms with Crippen molar-refractivity contribution >= 4 is 11.7 Å². The second-order valence-corrected chi connectivity index (χ2v) is 3.63. The van der Waals surface area contributed by atoms with Crippen LogP contribution in [-0.2, 0) is 11.2 Å². The van der Waals surface area contributed by atoms with Crippen LogP contribution in [0.15, 0.2) is 24.3 Å². The summed E-state index contributed by atoms with van der Waals surface area (Å²) in [5, 5.41) is 10.7. The summed E-state index contributed by atoms with van der Waals surface area (Å²) in [6.45, 7) is 3.70. The summed E-state index contributed by atoms with van der Waals surface area (Å²) in [6.07, 6.45) is 0.986. The van der Waals surface area contributed by atoms with Gasteiger partial charge in [-0.2, -0.15) is 0 Å². The number of aryl methyl sites for hydroxylation is 1. The van der Waals surface area contributed by atoms with Crippen LogP contribution < -0.4 is 61.4 Å². The Kier molecular flexibility index (Phi) is 7.51. The van der Waals surface area contributed by atoms with Crippen LogP contribution in [-0.4, -0.2) is 19.1 Å². The van der Waals surface area contributed by atoms with E-state index < -0.39 is 12.0 Å². The van der Waals surface area contributed by atoms with Crippen molar-refractivity contribution in [1.29, 1.82) is 0 Å². The maximum atomic E-state index is 10.7. The molecule has 0 N–H and O–H groups in total. The van der Waals surface area contributed by atoms with Crippen molar-refractivity contribution in [3.05, 3.63) is 29.8 Å². The van der Waals surface area contributed by atoms with Crippen molar-refractivity contribution < 1.29 is 61.3 Å². The average Bonchev–Trinajstić information content (AvgIpc) is 2.27. The molecular formula is C12H16KNO2. The smallest absolute Gasteiger partial charge is 0.548 e. The van der Waals surface area contributed by atoms with Crippen LogP contribution in [0.4, 0.5) is 5.69 Å². The van der Waals surface area contributed by atoms with Crippen LogP contribution in [0.3, 0.4) is 0 Å². The Labute approximate surface area is 139 Å². The van der Waals surface area contributed by atoms with Gasteiger partial charge in [0.2, 0.25) is 0 Å². The van der Waals surface area contributed by atoms with Crippen molar-refractivity contribution in [2.45, 2.75) is 26.3 Å². The SMILES string of the molecule is CCc1ccc(N(C)C(C)C(=O)[O-])cc1.[K+]. The fourth-order valence-electron chi connectivity index (χ4n) is 1.35. The molecule has 0 aromatic heterocycles. The zero-order valence-corrected chi connectivity index (χ0v) is 13.5. The number of aliphatic carboxylic acids is 1. The third kappa shape index (κ3) is 4.18. The first kappa shape index (κ1) is 16.1. The number of benzene rings is 1. The summed E-state index contributed by atoms with van der Waals surface area (Å²) in [4.78, 5) is 12.4. The third-order valence-corrected chi connectivity index (χ3v) is 2.67. The molecule has 82 valence electrons. The minimum Gasteiger partial charge on any atom is -0.548 e. The number of nitrogens with zero attached hydrogens (tertiary/aromatic N) is 1. The Morgan fingerprint density at radius 2 is 1.88 bits per heavy atom. The zero-order valence-electron chi connectivity index (χ0n) is 10.4. The van der Waals surface area contributed by atoms with Crippen molar-refractivity contribution in [1.82, 2.24) is 0 Å². The molecule has 0 spiro atoms. The standard InChI is InChI=1S/C12H17NO2.K/c1-4-10-5-7-11(8-6-10)13(3)9(2)12(14)15;/h5-9H,4H2,1-3H3,(H,14,15);/q;+1/p-1. The number of likely N-dealkylation sites (N-methyl/N-ethyl adjacent to an activating group) is 1. The Balaban J connectivity index is 0.00000225. The summed E-state index contributed by atoms with van der Waals surface area (Å²) in [5.74, 6) is -1.06. The van der Waals surface area contributed by atoms with E-state index in [1.807, 2.05) is 24.3 Å². The number of carboxylic acids is 1. The van der Waals surface area contributed by atoms with Gasteiger partial charge in [0.25, 0.3) is 0 Å². The molecule has 0 fully saturated rings. The number of carbonyl (C=O) groups excluding carboxylic acids is 1.